The highest BCUT2D eigenvalue weighted by molar-refractivity contribution is 8.07. The van der Waals surface area contributed by atoms with Crippen LogP contribution in [0.3, 0.4) is 0 Å². The van der Waals surface area contributed by atoms with Gasteiger partial charge >= 0.3 is 0 Å². The summed E-state index contributed by atoms with van der Waals surface area (Å²) in [6, 6.07) is 0. The third-order valence-corrected chi connectivity index (χ3v) is 6.86. The molecule has 1 N–H and O–H groups in total. The molecule has 1 aliphatic heterocycles. The van der Waals surface area contributed by atoms with Crippen LogP contribution < -0.4 is 0 Å². The van der Waals surface area contributed by atoms with Crippen LogP contribution in [0, 0.1) is 0 Å². The summed E-state index contributed by atoms with van der Waals surface area (Å²) in [4.78, 5) is 0. The third-order valence-electron chi connectivity index (χ3n) is 3.47. The van der Waals surface area contributed by atoms with E-state index in [9.17, 15) is 5.11 Å². The largest absolute Gasteiger partial charge is 0.392 e. The van der Waals surface area contributed by atoms with E-state index in [4.69, 9.17) is 4.74 Å². The van der Waals surface area contributed by atoms with Gasteiger partial charge in [-0.15, -0.1) is 0 Å². The Bertz CT molecular complexity index is 221. The van der Waals surface area contributed by atoms with E-state index in [0.29, 0.717) is 10.5 Å². The van der Waals surface area contributed by atoms with Crippen molar-refractivity contribution in [2.24, 2.45) is 0 Å². The molecule has 0 amide bonds. The Morgan fingerprint density at radius 2 is 2.00 bits per heavy atom. The SMILES string of the molecule is CCC1SCCSC1C(O)CCC(C)(C)OC. The lowest BCUT2D eigenvalue weighted by Crippen LogP contribution is -2.37. The van der Waals surface area contributed by atoms with Crippen LogP contribution in [0.25, 0.3) is 0 Å². The van der Waals surface area contributed by atoms with Crippen molar-refractivity contribution in [1.29, 1.82) is 0 Å². The van der Waals surface area contributed by atoms with Crippen LogP contribution in [-0.4, -0.2) is 45.9 Å². The smallest absolute Gasteiger partial charge is 0.0670 e. The van der Waals surface area contributed by atoms with Crippen LogP contribution in [0.2, 0.25) is 0 Å². The standard InChI is InChI=1S/C13H26O2S2/c1-5-11-12(17-9-8-16-11)10(14)6-7-13(2,3)15-4/h10-12,14H,5-9H2,1-4H3. The van der Waals surface area contributed by atoms with Gasteiger partial charge in [0, 0.05) is 29.1 Å². The summed E-state index contributed by atoms with van der Waals surface area (Å²) in [5, 5.41) is 11.4. The molecule has 1 aliphatic rings. The van der Waals surface area contributed by atoms with Crippen molar-refractivity contribution in [3.8, 4) is 0 Å². The highest BCUT2D eigenvalue weighted by atomic mass is 32.2. The summed E-state index contributed by atoms with van der Waals surface area (Å²) in [6.45, 7) is 6.39. The highest BCUT2D eigenvalue weighted by Gasteiger charge is 2.31. The van der Waals surface area contributed by atoms with Gasteiger partial charge in [-0.3, -0.25) is 0 Å². The summed E-state index contributed by atoms with van der Waals surface area (Å²) < 4.78 is 5.41. The minimum atomic E-state index is -0.188. The quantitative estimate of drug-likeness (QED) is 0.808. The first-order chi connectivity index (χ1) is 8.00. The Labute approximate surface area is 114 Å². The average Bonchev–Trinajstić information content (AvgIpc) is 2.36. The fourth-order valence-corrected chi connectivity index (χ4v) is 5.24. The Kier molecular flexibility index (Phi) is 6.70. The summed E-state index contributed by atoms with van der Waals surface area (Å²) in [6.07, 6.45) is 2.73. The number of ether oxygens (including phenoxy) is 1. The third kappa shape index (κ3) is 5.01. The van der Waals surface area contributed by atoms with Crippen molar-refractivity contribution in [3.05, 3.63) is 0 Å². The number of aliphatic hydroxyl groups excluding tert-OH is 1. The van der Waals surface area contributed by atoms with Gasteiger partial charge in [-0.05, 0) is 33.1 Å². The first kappa shape index (κ1) is 15.7. The molecule has 0 bridgehead atoms. The van der Waals surface area contributed by atoms with Gasteiger partial charge < -0.3 is 9.84 Å². The van der Waals surface area contributed by atoms with Crippen molar-refractivity contribution >= 4 is 23.5 Å². The van der Waals surface area contributed by atoms with Crippen LogP contribution >= 0.6 is 23.5 Å². The summed E-state index contributed by atoms with van der Waals surface area (Å²) >= 11 is 3.98. The second kappa shape index (κ2) is 7.27. The molecule has 0 spiro atoms. The van der Waals surface area contributed by atoms with Gasteiger partial charge in [-0.1, -0.05) is 6.92 Å². The predicted octanol–water partition coefficient (Wildman–Crippen LogP) is 3.18. The van der Waals surface area contributed by atoms with E-state index in [2.05, 4.69) is 20.8 Å². The van der Waals surface area contributed by atoms with Gasteiger partial charge in [0.05, 0.1) is 11.7 Å². The van der Waals surface area contributed by atoms with Crippen LogP contribution in [0.4, 0.5) is 0 Å². The number of hydrogen-bond acceptors (Lipinski definition) is 4. The average molecular weight is 278 g/mol. The predicted molar refractivity (Wildman–Crippen MR) is 79.1 cm³/mol. The zero-order chi connectivity index (χ0) is 12.9. The molecule has 102 valence electrons. The zero-order valence-electron chi connectivity index (χ0n) is 11.4. The molecular formula is C13H26O2S2. The molecule has 1 rings (SSSR count). The zero-order valence-corrected chi connectivity index (χ0v) is 13.1. The molecule has 0 aromatic rings. The number of thioether (sulfide) groups is 2. The van der Waals surface area contributed by atoms with Crippen molar-refractivity contribution in [3.63, 3.8) is 0 Å². The molecule has 2 nitrogen and oxygen atoms in total. The fourth-order valence-electron chi connectivity index (χ4n) is 2.06. The van der Waals surface area contributed by atoms with Crippen LogP contribution in [0.5, 0.6) is 0 Å². The molecule has 1 saturated heterocycles. The lowest BCUT2D eigenvalue weighted by molar-refractivity contribution is 0.00280. The molecule has 0 radical (unpaired) electrons. The van der Waals surface area contributed by atoms with E-state index in [1.807, 2.05) is 23.5 Å². The lowest BCUT2D eigenvalue weighted by Gasteiger charge is -2.34. The molecular weight excluding hydrogens is 252 g/mol. The van der Waals surface area contributed by atoms with Gasteiger partial charge in [0.1, 0.15) is 0 Å². The van der Waals surface area contributed by atoms with Gasteiger partial charge in [-0.2, -0.15) is 23.5 Å². The van der Waals surface area contributed by atoms with Crippen molar-refractivity contribution < 1.29 is 9.84 Å². The second-order valence-corrected chi connectivity index (χ2v) is 7.86. The van der Waals surface area contributed by atoms with Crippen LogP contribution in [0.1, 0.15) is 40.0 Å². The summed E-state index contributed by atoms with van der Waals surface area (Å²) in [7, 11) is 1.74. The molecule has 0 aromatic carbocycles. The topological polar surface area (TPSA) is 29.5 Å². The monoisotopic (exact) mass is 278 g/mol. The molecule has 0 aromatic heterocycles. The van der Waals surface area contributed by atoms with Gasteiger partial charge in [0.2, 0.25) is 0 Å². The van der Waals surface area contributed by atoms with E-state index >= 15 is 0 Å². The lowest BCUT2D eigenvalue weighted by atomic mass is 9.97. The highest BCUT2D eigenvalue weighted by Crippen LogP contribution is 2.36. The molecule has 0 aliphatic carbocycles. The van der Waals surface area contributed by atoms with Crippen LogP contribution in [0.15, 0.2) is 0 Å². The van der Waals surface area contributed by atoms with E-state index in [1.165, 1.54) is 11.5 Å². The maximum absolute atomic E-state index is 10.3. The Balaban J connectivity index is 2.42. The molecule has 1 heterocycles. The second-order valence-electron chi connectivity index (χ2n) is 5.22. The Hall–Kier alpha value is 0.620. The minimum absolute atomic E-state index is 0.116. The fraction of sp³-hybridized carbons (Fsp3) is 1.00. The van der Waals surface area contributed by atoms with Crippen molar-refractivity contribution in [2.45, 2.75) is 62.2 Å². The van der Waals surface area contributed by atoms with E-state index in [-0.39, 0.29) is 11.7 Å². The number of hydrogen-bond donors (Lipinski definition) is 1. The maximum atomic E-state index is 10.3. The number of methoxy groups -OCH3 is 1. The first-order valence-corrected chi connectivity index (χ1v) is 8.56. The minimum Gasteiger partial charge on any atom is -0.392 e. The molecule has 0 saturated carbocycles. The van der Waals surface area contributed by atoms with Crippen LogP contribution in [-0.2, 0) is 4.74 Å². The normalized spacial score (nSPS) is 28.1. The number of aliphatic hydroxyl groups is 1. The summed E-state index contributed by atoms with van der Waals surface area (Å²) in [5.41, 5.74) is -0.116. The van der Waals surface area contributed by atoms with Gasteiger partial charge in [0.25, 0.3) is 0 Å². The molecule has 17 heavy (non-hydrogen) atoms. The first-order valence-electron chi connectivity index (χ1n) is 6.46. The van der Waals surface area contributed by atoms with Gasteiger partial charge in [0.15, 0.2) is 0 Å². The number of rotatable bonds is 6. The van der Waals surface area contributed by atoms with Gasteiger partial charge in [-0.25, -0.2) is 0 Å². The molecule has 3 atom stereocenters. The molecule has 3 unspecified atom stereocenters. The van der Waals surface area contributed by atoms with E-state index in [1.54, 1.807) is 7.11 Å². The maximum Gasteiger partial charge on any atom is 0.0670 e. The summed E-state index contributed by atoms with van der Waals surface area (Å²) in [5.74, 6) is 2.41. The molecule has 1 fully saturated rings. The Morgan fingerprint density at radius 1 is 1.35 bits per heavy atom. The van der Waals surface area contributed by atoms with Crippen molar-refractivity contribution in [2.75, 3.05) is 18.6 Å². The van der Waals surface area contributed by atoms with Crippen molar-refractivity contribution in [1.82, 2.24) is 0 Å². The Morgan fingerprint density at radius 3 is 2.59 bits per heavy atom. The van der Waals surface area contributed by atoms with E-state index < -0.39 is 0 Å². The van der Waals surface area contributed by atoms with E-state index in [0.717, 1.165) is 19.3 Å². The molecule has 4 heteroatoms.